The molecular formula is C14H21N. The molecule has 15 heavy (non-hydrogen) atoms. The fourth-order valence-electron chi connectivity index (χ4n) is 2.35. The predicted molar refractivity (Wildman–Crippen MR) is 65.0 cm³/mol. The fourth-order valence-corrected chi connectivity index (χ4v) is 2.35. The van der Waals surface area contributed by atoms with Crippen LogP contribution in [0.3, 0.4) is 0 Å². The Bertz CT molecular complexity index is 341. The van der Waals surface area contributed by atoms with Gasteiger partial charge in [-0.15, -0.1) is 0 Å². The van der Waals surface area contributed by atoms with Crippen LogP contribution in [0.5, 0.6) is 0 Å². The van der Waals surface area contributed by atoms with Gasteiger partial charge < -0.3 is 4.90 Å². The zero-order valence-electron chi connectivity index (χ0n) is 10.1. The first kappa shape index (κ1) is 10.7. The predicted octanol–water partition coefficient (Wildman–Crippen LogP) is 2.87. The number of rotatable bonds is 2. The van der Waals surface area contributed by atoms with E-state index in [9.17, 15) is 0 Å². The van der Waals surface area contributed by atoms with Gasteiger partial charge in [-0.25, -0.2) is 0 Å². The van der Waals surface area contributed by atoms with E-state index in [1.807, 2.05) is 0 Å². The highest BCUT2D eigenvalue weighted by Gasteiger charge is 2.13. The molecule has 0 N–H and O–H groups in total. The van der Waals surface area contributed by atoms with Gasteiger partial charge in [0.1, 0.15) is 0 Å². The highest BCUT2D eigenvalue weighted by molar-refractivity contribution is 5.34. The number of likely N-dealkylation sites (N-methyl/N-ethyl adjacent to an activating group) is 1. The van der Waals surface area contributed by atoms with Crippen molar-refractivity contribution in [2.75, 3.05) is 13.6 Å². The summed E-state index contributed by atoms with van der Waals surface area (Å²) in [6, 6.07) is 7.04. The summed E-state index contributed by atoms with van der Waals surface area (Å²) in [6.07, 6.45) is 2.43. The number of hydrogen-bond acceptors (Lipinski definition) is 1. The molecule has 0 atom stereocenters. The Kier molecular flexibility index (Phi) is 3.11. The van der Waals surface area contributed by atoms with Gasteiger partial charge in [0.25, 0.3) is 0 Å². The lowest BCUT2D eigenvalue weighted by molar-refractivity contribution is 0.313. The first-order valence-electron chi connectivity index (χ1n) is 5.94. The average Bonchev–Trinajstić information content (AvgIpc) is 2.17. The van der Waals surface area contributed by atoms with E-state index in [0.717, 1.165) is 12.5 Å². The van der Waals surface area contributed by atoms with Gasteiger partial charge in [-0.2, -0.15) is 0 Å². The summed E-state index contributed by atoms with van der Waals surface area (Å²) in [4.78, 5) is 2.39. The van der Waals surface area contributed by atoms with E-state index in [1.54, 1.807) is 5.56 Å². The second-order valence-electron chi connectivity index (χ2n) is 5.19. The van der Waals surface area contributed by atoms with Crippen molar-refractivity contribution in [2.24, 2.45) is 5.92 Å². The van der Waals surface area contributed by atoms with Crippen molar-refractivity contribution in [1.82, 2.24) is 4.90 Å². The van der Waals surface area contributed by atoms with Crippen LogP contribution in [0.15, 0.2) is 18.2 Å². The molecule has 1 aromatic carbocycles. The minimum Gasteiger partial charge on any atom is -0.302 e. The third-order valence-electron chi connectivity index (χ3n) is 3.12. The number of benzene rings is 1. The maximum absolute atomic E-state index is 2.42. The van der Waals surface area contributed by atoms with Crippen LogP contribution in [-0.4, -0.2) is 18.5 Å². The topological polar surface area (TPSA) is 3.24 Å². The van der Waals surface area contributed by atoms with Crippen LogP contribution in [0.4, 0.5) is 0 Å². The zero-order chi connectivity index (χ0) is 10.8. The maximum atomic E-state index is 2.42. The smallest absolute Gasteiger partial charge is 0.0233 e. The van der Waals surface area contributed by atoms with Gasteiger partial charge in [0.2, 0.25) is 0 Å². The van der Waals surface area contributed by atoms with Crippen molar-refractivity contribution in [2.45, 2.75) is 33.2 Å². The molecule has 1 aliphatic heterocycles. The second-order valence-corrected chi connectivity index (χ2v) is 5.19. The van der Waals surface area contributed by atoms with Crippen LogP contribution in [0, 0.1) is 5.92 Å². The summed E-state index contributed by atoms with van der Waals surface area (Å²) in [5, 5.41) is 0. The molecule has 0 aromatic heterocycles. The lowest BCUT2D eigenvalue weighted by atomic mass is 9.94. The molecule has 0 radical (unpaired) electrons. The highest BCUT2D eigenvalue weighted by Crippen LogP contribution is 2.20. The lowest BCUT2D eigenvalue weighted by Crippen LogP contribution is -2.26. The molecular weight excluding hydrogens is 182 g/mol. The van der Waals surface area contributed by atoms with Crippen molar-refractivity contribution in [3.8, 4) is 0 Å². The summed E-state index contributed by atoms with van der Waals surface area (Å²) >= 11 is 0. The Morgan fingerprint density at radius 2 is 2.07 bits per heavy atom. The number of fused-ring (bicyclic) bond motifs is 1. The van der Waals surface area contributed by atoms with Gasteiger partial charge in [0.05, 0.1) is 0 Å². The quantitative estimate of drug-likeness (QED) is 0.714. The molecule has 0 bridgehead atoms. The number of nitrogens with zero attached hydrogens (tertiary/aromatic N) is 1. The first-order valence-corrected chi connectivity index (χ1v) is 5.94. The molecule has 1 nitrogen and oxygen atoms in total. The SMILES string of the molecule is CC(C)Cc1ccc2c(c1)CCN(C)C2. The fraction of sp³-hybridized carbons (Fsp3) is 0.571. The summed E-state index contributed by atoms with van der Waals surface area (Å²) in [6.45, 7) is 6.90. The molecule has 82 valence electrons. The monoisotopic (exact) mass is 203 g/mol. The summed E-state index contributed by atoms with van der Waals surface area (Å²) in [5.41, 5.74) is 4.61. The molecule has 0 spiro atoms. The molecule has 1 heteroatoms. The first-order chi connectivity index (χ1) is 7.15. The molecule has 1 aliphatic rings. The van der Waals surface area contributed by atoms with Crippen LogP contribution in [0.25, 0.3) is 0 Å². The van der Waals surface area contributed by atoms with Crippen molar-refractivity contribution in [1.29, 1.82) is 0 Å². The molecule has 0 amide bonds. The van der Waals surface area contributed by atoms with E-state index in [0.29, 0.717) is 0 Å². The van der Waals surface area contributed by atoms with Crippen molar-refractivity contribution < 1.29 is 0 Å². The minimum atomic E-state index is 0.759. The molecule has 0 fully saturated rings. The van der Waals surface area contributed by atoms with Gasteiger partial charge in [0.15, 0.2) is 0 Å². The molecule has 0 aliphatic carbocycles. The summed E-state index contributed by atoms with van der Waals surface area (Å²) < 4.78 is 0. The molecule has 1 heterocycles. The van der Waals surface area contributed by atoms with Crippen LogP contribution < -0.4 is 0 Å². The third kappa shape index (κ3) is 2.60. The Labute approximate surface area is 93.1 Å². The van der Waals surface area contributed by atoms with Gasteiger partial charge >= 0.3 is 0 Å². The molecule has 2 rings (SSSR count). The van der Waals surface area contributed by atoms with Gasteiger partial charge in [-0.05, 0) is 42.5 Å². The van der Waals surface area contributed by atoms with Crippen LogP contribution >= 0.6 is 0 Å². The normalized spacial score (nSPS) is 16.8. The van der Waals surface area contributed by atoms with Gasteiger partial charge in [0, 0.05) is 13.1 Å². The molecule has 1 aromatic rings. The molecule has 0 saturated carbocycles. The van der Waals surface area contributed by atoms with Crippen LogP contribution in [0.1, 0.15) is 30.5 Å². The Morgan fingerprint density at radius 1 is 1.27 bits per heavy atom. The van der Waals surface area contributed by atoms with E-state index in [4.69, 9.17) is 0 Å². The second kappa shape index (κ2) is 4.36. The van der Waals surface area contributed by atoms with E-state index >= 15 is 0 Å². The Hall–Kier alpha value is -0.820. The Balaban J connectivity index is 2.19. The van der Waals surface area contributed by atoms with E-state index in [-0.39, 0.29) is 0 Å². The maximum Gasteiger partial charge on any atom is 0.0233 e. The summed E-state index contributed by atoms with van der Waals surface area (Å²) in [5.74, 6) is 0.759. The van der Waals surface area contributed by atoms with Gasteiger partial charge in [-0.3, -0.25) is 0 Å². The van der Waals surface area contributed by atoms with E-state index in [2.05, 4.69) is 44.0 Å². The Morgan fingerprint density at radius 3 is 2.80 bits per heavy atom. The van der Waals surface area contributed by atoms with Crippen molar-refractivity contribution >= 4 is 0 Å². The van der Waals surface area contributed by atoms with Crippen molar-refractivity contribution in [3.63, 3.8) is 0 Å². The zero-order valence-corrected chi connectivity index (χ0v) is 10.1. The third-order valence-corrected chi connectivity index (χ3v) is 3.12. The van der Waals surface area contributed by atoms with Crippen LogP contribution in [0.2, 0.25) is 0 Å². The standard InChI is InChI=1S/C14H21N/c1-11(2)8-12-4-5-14-10-15(3)7-6-13(14)9-12/h4-5,9,11H,6-8,10H2,1-3H3. The van der Waals surface area contributed by atoms with Gasteiger partial charge in [-0.1, -0.05) is 32.0 Å². The average molecular weight is 203 g/mol. The van der Waals surface area contributed by atoms with Crippen LogP contribution in [-0.2, 0) is 19.4 Å². The van der Waals surface area contributed by atoms with Crippen molar-refractivity contribution in [3.05, 3.63) is 34.9 Å². The molecule has 0 saturated heterocycles. The lowest BCUT2D eigenvalue weighted by Gasteiger charge is -2.25. The molecule has 0 unspecified atom stereocenters. The number of hydrogen-bond donors (Lipinski definition) is 0. The van der Waals surface area contributed by atoms with E-state index in [1.165, 1.54) is 30.5 Å². The minimum absolute atomic E-state index is 0.759. The largest absolute Gasteiger partial charge is 0.302 e. The van der Waals surface area contributed by atoms with E-state index < -0.39 is 0 Å². The highest BCUT2D eigenvalue weighted by atomic mass is 15.1. The summed E-state index contributed by atoms with van der Waals surface area (Å²) in [7, 11) is 2.20.